The summed E-state index contributed by atoms with van der Waals surface area (Å²) in [6.07, 6.45) is 2.69. The first-order valence-electron chi connectivity index (χ1n) is 6.46. The van der Waals surface area contributed by atoms with E-state index in [1.807, 2.05) is 28.8 Å². The van der Waals surface area contributed by atoms with Crippen molar-refractivity contribution < 1.29 is 9.90 Å². The Kier molecular flexibility index (Phi) is 3.21. The molecule has 100 valence electrons. The summed E-state index contributed by atoms with van der Waals surface area (Å²) < 4.78 is 2.05. The molecule has 3 aromatic rings. The molecule has 0 aliphatic heterocycles. The Morgan fingerprint density at radius 3 is 2.70 bits per heavy atom. The molecule has 4 nitrogen and oxygen atoms in total. The molecule has 0 unspecified atom stereocenters. The van der Waals surface area contributed by atoms with Crippen LogP contribution in [0.25, 0.3) is 11.0 Å². The molecule has 2 aromatic carbocycles. The Morgan fingerprint density at radius 1 is 1.15 bits per heavy atom. The highest BCUT2D eigenvalue weighted by Crippen LogP contribution is 2.16. The highest BCUT2D eigenvalue weighted by molar-refractivity contribution is 5.92. The monoisotopic (exact) mass is 266 g/mol. The van der Waals surface area contributed by atoms with Crippen LogP contribution in [0, 0.1) is 0 Å². The van der Waals surface area contributed by atoms with Crippen molar-refractivity contribution in [2.45, 2.75) is 13.0 Å². The zero-order valence-corrected chi connectivity index (χ0v) is 10.9. The topological polar surface area (TPSA) is 55.1 Å². The van der Waals surface area contributed by atoms with Gasteiger partial charge in [0.2, 0.25) is 0 Å². The molecule has 0 amide bonds. The van der Waals surface area contributed by atoms with E-state index in [1.54, 1.807) is 18.5 Å². The van der Waals surface area contributed by atoms with Gasteiger partial charge in [-0.1, -0.05) is 30.3 Å². The first kappa shape index (κ1) is 12.4. The van der Waals surface area contributed by atoms with Crippen LogP contribution in [0.5, 0.6) is 0 Å². The lowest BCUT2D eigenvalue weighted by atomic mass is 10.1. The third-order valence-electron chi connectivity index (χ3n) is 3.35. The van der Waals surface area contributed by atoms with Crippen LogP contribution < -0.4 is 0 Å². The van der Waals surface area contributed by atoms with Crippen LogP contribution in [-0.2, 0) is 13.0 Å². The maximum atomic E-state index is 10.9. The largest absolute Gasteiger partial charge is 0.478 e. The standard InChI is InChI=1S/C16H14N2O2/c19-16(20)13-6-7-15-14(10-13)17-11-18(15)9-8-12-4-2-1-3-5-12/h1-7,10-11H,8-9H2,(H,19,20). The second-order valence-corrected chi connectivity index (χ2v) is 4.68. The number of aryl methyl sites for hydroxylation is 2. The number of carbonyl (C=O) groups is 1. The molecule has 0 saturated heterocycles. The molecule has 3 rings (SSSR count). The number of fused-ring (bicyclic) bond motifs is 1. The van der Waals surface area contributed by atoms with Crippen LogP contribution in [0.2, 0.25) is 0 Å². The Bertz CT molecular complexity index is 748. The average molecular weight is 266 g/mol. The minimum atomic E-state index is -0.925. The molecule has 0 saturated carbocycles. The van der Waals surface area contributed by atoms with E-state index in [0.717, 1.165) is 24.0 Å². The number of hydrogen-bond acceptors (Lipinski definition) is 2. The van der Waals surface area contributed by atoms with Gasteiger partial charge in [-0.2, -0.15) is 0 Å². The van der Waals surface area contributed by atoms with Gasteiger partial charge in [-0.15, -0.1) is 0 Å². The summed E-state index contributed by atoms with van der Waals surface area (Å²) in [4.78, 5) is 15.2. The lowest BCUT2D eigenvalue weighted by Gasteiger charge is -2.04. The Labute approximate surface area is 116 Å². The number of aromatic nitrogens is 2. The molecule has 1 aromatic heterocycles. The van der Waals surface area contributed by atoms with Crippen LogP contribution in [0.1, 0.15) is 15.9 Å². The maximum absolute atomic E-state index is 10.9. The third kappa shape index (κ3) is 2.40. The molecule has 0 aliphatic carbocycles. The predicted molar refractivity (Wildman–Crippen MR) is 76.8 cm³/mol. The summed E-state index contributed by atoms with van der Waals surface area (Å²) in [5, 5.41) is 8.97. The molecule has 20 heavy (non-hydrogen) atoms. The number of carboxylic acid groups (broad SMARTS) is 1. The van der Waals surface area contributed by atoms with Gasteiger partial charge in [0.05, 0.1) is 22.9 Å². The third-order valence-corrected chi connectivity index (χ3v) is 3.35. The van der Waals surface area contributed by atoms with Crippen LogP contribution in [0.4, 0.5) is 0 Å². The molecule has 0 radical (unpaired) electrons. The summed E-state index contributed by atoms with van der Waals surface area (Å²) in [5.74, 6) is -0.925. The number of carboxylic acids is 1. The summed E-state index contributed by atoms with van der Waals surface area (Å²) in [6, 6.07) is 15.3. The predicted octanol–water partition coefficient (Wildman–Crippen LogP) is 2.98. The lowest BCUT2D eigenvalue weighted by molar-refractivity contribution is 0.0697. The fourth-order valence-electron chi connectivity index (χ4n) is 2.27. The summed E-state index contributed by atoms with van der Waals surface area (Å²) in [6.45, 7) is 0.826. The molecule has 0 spiro atoms. The number of imidazole rings is 1. The van der Waals surface area contributed by atoms with E-state index in [4.69, 9.17) is 5.11 Å². The first-order valence-corrected chi connectivity index (χ1v) is 6.46. The molecule has 0 fully saturated rings. The Balaban J connectivity index is 1.84. The second kappa shape index (κ2) is 5.17. The Hall–Kier alpha value is -2.62. The van der Waals surface area contributed by atoms with Crippen LogP contribution in [0.15, 0.2) is 54.9 Å². The van der Waals surface area contributed by atoms with Gasteiger partial charge in [-0.05, 0) is 30.2 Å². The van der Waals surface area contributed by atoms with Crippen molar-refractivity contribution in [2.75, 3.05) is 0 Å². The average Bonchev–Trinajstić information content (AvgIpc) is 2.88. The summed E-state index contributed by atoms with van der Waals surface area (Å²) in [7, 11) is 0. The molecule has 1 N–H and O–H groups in total. The normalized spacial score (nSPS) is 10.8. The van der Waals surface area contributed by atoms with Crippen molar-refractivity contribution >= 4 is 17.0 Å². The van der Waals surface area contributed by atoms with Crippen LogP contribution in [0.3, 0.4) is 0 Å². The molecule has 1 heterocycles. The zero-order valence-electron chi connectivity index (χ0n) is 10.9. The van der Waals surface area contributed by atoms with Crippen molar-refractivity contribution in [3.63, 3.8) is 0 Å². The maximum Gasteiger partial charge on any atom is 0.335 e. The fourth-order valence-corrected chi connectivity index (χ4v) is 2.27. The summed E-state index contributed by atoms with van der Waals surface area (Å²) in [5.41, 5.74) is 3.23. The van der Waals surface area contributed by atoms with Gasteiger partial charge in [-0.3, -0.25) is 0 Å². The van der Waals surface area contributed by atoms with E-state index in [9.17, 15) is 4.79 Å². The van der Waals surface area contributed by atoms with Crippen LogP contribution >= 0.6 is 0 Å². The first-order chi connectivity index (χ1) is 9.74. The smallest absolute Gasteiger partial charge is 0.335 e. The van der Waals surface area contributed by atoms with Crippen molar-refractivity contribution in [1.29, 1.82) is 0 Å². The van der Waals surface area contributed by atoms with E-state index in [-0.39, 0.29) is 5.56 Å². The number of nitrogens with zero attached hydrogens (tertiary/aromatic N) is 2. The fraction of sp³-hybridized carbons (Fsp3) is 0.125. The zero-order chi connectivity index (χ0) is 13.9. The van der Waals surface area contributed by atoms with Crippen molar-refractivity contribution in [1.82, 2.24) is 9.55 Å². The van der Waals surface area contributed by atoms with Gasteiger partial charge in [0.25, 0.3) is 0 Å². The number of aromatic carboxylic acids is 1. The molecule has 4 heteroatoms. The van der Waals surface area contributed by atoms with Gasteiger partial charge in [0.1, 0.15) is 0 Å². The Morgan fingerprint density at radius 2 is 1.95 bits per heavy atom. The van der Waals surface area contributed by atoms with Crippen molar-refractivity contribution in [3.8, 4) is 0 Å². The SMILES string of the molecule is O=C(O)c1ccc2c(c1)ncn2CCc1ccccc1. The van der Waals surface area contributed by atoms with Gasteiger partial charge < -0.3 is 9.67 Å². The molecular weight excluding hydrogens is 252 g/mol. The number of rotatable bonds is 4. The van der Waals surface area contributed by atoms with Gasteiger partial charge in [0, 0.05) is 6.54 Å². The molecule has 0 atom stereocenters. The number of benzene rings is 2. The van der Waals surface area contributed by atoms with E-state index in [0.29, 0.717) is 0 Å². The van der Waals surface area contributed by atoms with Gasteiger partial charge in [0.15, 0.2) is 0 Å². The van der Waals surface area contributed by atoms with E-state index < -0.39 is 5.97 Å². The van der Waals surface area contributed by atoms with E-state index in [2.05, 4.69) is 17.1 Å². The minimum Gasteiger partial charge on any atom is -0.478 e. The molecular formula is C16H14N2O2. The van der Waals surface area contributed by atoms with Gasteiger partial charge >= 0.3 is 5.97 Å². The highest BCUT2D eigenvalue weighted by atomic mass is 16.4. The number of hydrogen-bond donors (Lipinski definition) is 1. The van der Waals surface area contributed by atoms with Crippen molar-refractivity contribution in [2.24, 2.45) is 0 Å². The van der Waals surface area contributed by atoms with E-state index in [1.165, 1.54) is 5.56 Å². The lowest BCUT2D eigenvalue weighted by Crippen LogP contribution is -2.00. The van der Waals surface area contributed by atoms with Crippen molar-refractivity contribution in [3.05, 3.63) is 66.0 Å². The summed E-state index contributed by atoms with van der Waals surface area (Å²) >= 11 is 0. The second-order valence-electron chi connectivity index (χ2n) is 4.68. The highest BCUT2D eigenvalue weighted by Gasteiger charge is 2.07. The van der Waals surface area contributed by atoms with E-state index >= 15 is 0 Å². The quantitative estimate of drug-likeness (QED) is 0.789. The minimum absolute atomic E-state index is 0.269. The molecule has 0 aliphatic rings. The van der Waals surface area contributed by atoms with Crippen LogP contribution in [-0.4, -0.2) is 20.6 Å². The molecule has 0 bridgehead atoms. The van der Waals surface area contributed by atoms with Gasteiger partial charge in [-0.25, -0.2) is 9.78 Å².